The van der Waals surface area contributed by atoms with Crippen LogP contribution in [0.4, 0.5) is 0 Å². The number of benzene rings is 1. The van der Waals surface area contributed by atoms with Crippen LogP contribution in [0.5, 0.6) is 0 Å². The van der Waals surface area contributed by atoms with E-state index in [0.29, 0.717) is 17.5 Å². The molecule has 0 bridgehead atoms. The molecule has 1 rings (SSSR count). The van der Waals surface area contributed by atoms with Crippen LogP contribution in [0.25, 0.3) is 0 Å². The average molecular weight is 465 g/mol. The van der Waals surface area contributed by atoms with Gasteiger partial charge in [-0.3, -0.25) is 4.79 Å². The first-order valence-corrected chi connectivity index (χ1v) is 7.82. The molecular formula is C17H26ClIN4O. The van der Waals surface area contributed by atoms with E-state index in [9.17, 15) is 4.79 Å². The van der Waals surface area contributed by atoms with E-state index >= 15 is 0 Å². The van der Waals surface area contributed by atoms with Crippen LogP contribution < -0.4 is 10.6 Å². The van der Waals surface area contributed by atoms with Gasteiger partial charge >= 0.3 is 0 Å². The average Bonchev–Trinajstić information content (AvgIpc) is 2.49. The largest absolute Gasteiger partial charge is 0.353 e. The van der Waals surface area contributed by atoms with E-state index in [2.05, 4.69) is 22.2 Å². The van der Waals surface area contributed by atoms with Gasteiger partial charge in [-0.05, 0) is 31.5 Å². The second kappa shape index (κ2) is 11.3. The van der Waals surface area contributed by atoms with Gasteiger partial charge in [0.15, 0.2) is 5.96 Å². The summed E-state index contributed by atoms with van der Waals surface area (Å²) in [5.74, 6) is 0.520. The lowest BCUT2D eigenvalue weighted by Gasteiger charge is -2.19. The molecule has 0 spiro atoms. The third-order valence-electron chi connectivity index (χ3n) is 3.15. The molecule has 1 atom stereocenters. The molecule has 0 heterocycles. The monoisotopic (exact) mass is 464 g/mol. The minimum atomic E-state index is -0.0550. The van der Waals surface area contributed by atoms with Crippen LogP contribution in [0.15, 0.2) is 41.4 Å². The molecule has 24 heavy (non-hydrogen) atoms. The molecule has 134 valence electrons. The van der Waals surface area contributed by atoms with Crippen LogP contribution in [0.3, 0.4) is 0 Å². The zero-order valence-corrected chi connectivity index (χ0v) is 17.7. The number of hydrogen-bond donors (Lipinski definition) is 2. The second-order valence-corrected chi connectivity index (χ2v) is 6.12. The second-order valence-electron chi connectivity index (χ2n) is 5.68. The fraction of sp³-hybridized carbons (Fsp3) is 0.412. The van der Waals surface area contributed by atoms with Gasteiger partial charge in [-0.25, -0.2) is 4.99 Å². The Morgan fingerprint density at radius 3 is 2.42 bits per heavy atom. The number of nitrogens with one attached hydrogen (secondary N) is 2. The molecule has 0 aliphatic rings. The van der Waals surface area contributed by atoms with Crippen molar-refractivity contribution in [1.29, 1.82) is 0 Å². The minimum Gasteiger partial charge on any atom is -0.353 e. The SMILES string of the molecule is C=C(C)CNC(=NCC(=O)N(C)C)NC(C)c1ccc(Cl)cc1.I. The summed E-state index contributed by atoms with van der Waals surface area (Å²) in [5, 5.41) is 7.16. The van der Waals surface area contributed by atoms with Gasteiger partial charge in [-0.2, -0.15) is 0 Å². The van der Waals surface area contributed by atoms with Gasteiger partial charge < -0.3 is 15.5 Å². The molecule has 0 aliphatic carbocycles. The van der Waals surface area contributed by atoms with Crippen LogP contribution in [0.2, 0.25) is 5.02 Å². The van der Waals surface area contributed by atoms with Gasteiger partial charge in [0, 0.05) is 25.7 Å². The Hall–Kier alpha value is -1.28. The molecule has 2 N–H and O–H groups in total. The summed E-state index contributed by atoms with van der Waals surface area (Å²) < 4.78 is 0. The van der Waals surface area contributed by atoms with Crippen LogP contribution in [-0.4, -0.2) is 44.0 Å². The maximum atomic E-state index is 11.7. The molecule has 0 saturated carbocycles. The fourth-order valence-electron chi connectivity index (χ4n) is 1.72. The first-order valence-electron chi connectivity index (χ1n) is 7.44. The maximum absolute atomic E-state index is 11.7. The predicted octanol–water partition coefficient (Wildman–Crippen LogP) is 3.22. The Kier molecular flexibility index (Phi) is 10.7. The van der Waals surface area contributed by atoms with E-state index in [1.807, 2.05) is 38.1 Å². The number of carbonyl (C=O) groups is 1. The number of halogens is 2. The molecule has 1 aromatic carbocycles. The first-order chi connectivity index (χ1) is 10.8. The quantitative estimate of drug-likeness (QED) is 0.294. The molecular weight excluding hydrogens is 439 g/mol. The van der Waals surface area contributed by atoms with Gasteiger partial charge in [0.1, 0.15) is 6.54 Å². The molecule has 0 aliphatic heterocycles. The molecule has 0 saturated heterocycles. The molecule has 1 unspecified atom stereocenters. The molecule has 0 fully saturated rings. The Balaban J connectivity index is 0.00000529. The first kappa shape index (κ1) is 22.7. The lowest BCUT2D eigenvalue weighted by atomic mass is 10.1. The van der Waals surface area contributed by atoms with Crippen LogP contribution in [-0.2, 0) is 4.79 Å². The smallest absolute Gasteiger partial charge is 0.243 e. The number of likely N-dealkylation sites (N-methyl/N-ethyl adjacent to an activating group) is 1. The van der Waals surface area contributed by atoms with Gasteiger partial charge in [0.05, 0.1) is 6.04 Å². The topological polar surface area (TPSA) is 56.7 Å². The molecule has 0 aromatic heterocycles. The number of amides is 1. The summed E-state index contributed by atoms with van der Waals surface area (Å²) in [7, 11) is 3.42. The van der Waals surface area contributed by atoms with E-state index in [0.717, 1.165) is 11.1 Å². The Morgan fingerprint density at radius 2 is 1.92 bits per heavy atom. The van der Waals surface area contributed by atoms with Crippen molar-refractivity contribution in [2.45, 2.75) is 19.9 Å². The van der Waals surface area contributed by atoms with Crippen molar-refractivity contribution in [2.24, 2.45) is 4.99 Å². The highest BCUT2D eigenvalue weighted by Gasteiger charge is 2.09. The van der Waals surface area contributed by atoms with Crippen molar-refractivity contribution in [3.05, 3.63) is 47.0 Å². The molecule has 5 nitrogen and oxygen atoms in total. The lowest BCUT2D eigenvalue weighted by molar-refractivity contribution is -0.127. The summed E-state index contributed by atoms with van der Waals surface area (Å²) in [6.07, 6.45) is 0. The van der Waals surface area contributed by atoms with Crippen molar-refractivity contribution in [3.8, 4) is 0 Å². The van der Waals surface area contributed by atoms with Crippen molar-refractivity contribution in [3.63, 3.8) is 0 Å². The van der Waals surface area contributed by atoms with E-state index in [1.54, 1.807) is 14.1 Å². The van der Waals surface area contributed by atoms with Crippen LogP contribution in [0, 0.1) is 0 Å². The van der Waals surface area contributed by atoms with E-state index < -0.39 is 0 Å². The third kappa shape index (κ3) is 8.54. The molecule has 1 amide bonds. The van der Waals surface area contributed by atoms with Crippen molar-refractivity contribution < 1.29 is 4.79 Å². The molecule has 0 radical (unpaired) electrons. The summed E-state index contributed by atoms with van der Waals surface area (Å²) in [4.78, 5) is 17.6. The lowest BCUT2D eigenvalue weighted by Crippen LogP contribution is -2.40. The standard InChI is InChI=1S/C17H25ClN4O.HI/c1-12(2)10-19-17(20-11-16(23)22(4)5)21-13(3)14-6-8-15(18)9-7-14;/h6-9,13H,1,10-11H2,2-5H3,(H2,19,20,21);1H. The maximum Gasteiger partial charge on any atom is 0.243 e. The summed E-state index contributed by atoms with van der Waals surface area (Å²) >= 11 is 5.91. The summed E-state index contributed by atoms with van der Waals surface area (Å²) in [6.45, 7) is 8.50. The fourth-order valence-corrected chi connectivity index (χ4v) is 1.84. The molecule has 1 aromatic rings. The third-order valence-corrected chi connectivity index (χ3v) is 3.40. The number of aliphatic imine (C=N–C) groups is 1. The number of rotatable bonds is 6. The number of nitrogens with zero attached hydrogens (tertiary/aromatic N) is 2. The van der Waals surface area contributed by atoms with Crippen molar-refractivity contribution in [1.82, 2.24) is 15.5 Å². The van der Waals surface area contributed by atoms with Gasteiger partial charge in [-0.15, -0.1) is 24.0 Å². The summed E-state index contributed by atoms with van der Waals surface area (Å²) in [5.41, 5.74) is 2.07. The zero-order chi connectivity index (χ0) is 17.4. The van der Waals surface area contributed by atoms with Crippen molar-refractivity contribution >= 4 is 47.4 Å². The van der Waals surface area contributed by atoms with E-state index in [1.165, 1.54) is 4.90 Å². The van der Waals surface area contributed by atoms with E-state index in [4.69, 9.17) is 11.6 Å². The highest BCUT2D eigenvalue weighted by Crippen LogP contribution is 2.15. The van der Waals surface area contributed by atoms with E-state index in [-0.39, 0.29) is 42.5 Å². The highest BCUT2D eigenvalue weighted by molar-refractivity contribution is 14.0. The minimum absolute atomic E-state index is 0. The van der Waals surface area contributed by atoms with Crippen LogP contribution >= 0.6 is 35.6 Å². The predicted molar refractivity (Wildman–Crippen MR) is 112 cm³/mol. The van der Waals surface area contributed by atoms with Gasteiger partial charge in [-0.1, -0.05) is 35.9 Å². The number of guanidine groups is 1. The van der Waals surface area contributed by atoms with Gasteiger partial charge in [0.25, 0.3) is 0 Å². The van der Waals surface area contributed by atoms with Crippen molar-refractivity contribution in [2.75, 3.05) is 27.2 Å². The zero-order valence-electron chi connectivity index (χ0n) is 14.6. The molecule has 7 heteroatoms. The van der Waals surface area contributed by atoms with Crippen LogP contribution in [0.1, 0.15) is 25.5 Å². The normalized spacial score (nSPS) is 12.0. The highest BCUT2D eigenvalue weighted by atomic mass is 127. The number of carbonyl (C=O) groups excluding carboxylic acids is 1. The van der Waals surface area contributed by atoms with Gasteiger partial charge in [0.2, 0.25) is 5.91 Å². The summed E-state index contributed by atoms with van der Waals surface area (Å²) in [6, 6.07) is 7.65. The Labute approximate surface area is 166 Å². The Morgan fingerprint density at radius 1 is 1.33 bits per heavy atom. The Bertz CT molecular complexity index is 572. The number of hydrogen-bond acceptors (Lipinski definition) is 2.